The van der Waals surface area contributed by atoms with E-state index >= 15 is 0 Å². The Bertz CT molecular complexity index is 1440. The number of anilines is 3. The van der Waals surface area contributed by atoms with Crippen molar-refractivity contribution in [2.45, 2.75) is 13.5 Å². The second-order valence-electron chi connectivity index (χ2n) is 7.43. The third-order valence-corrected chi connectivity index (χ3v) is 6.42. The fraction of sp³-hybridized carbons (Fsp3) is 0.182. The van der Waals surface area contributed by atoms with Gasteiger partial charge in [-0.1, -0.05) is 18.2 Å². The van der Waals surface area contributed by atoms with Crippen LogP contribution in [-0.4, -0.2) is 28.9 Å². The molecule has 2 aromatic carbocycles. The zero-order valence-corrected chi connectivity index (χ0v) is 18.9. The molecule has 0 saturated carbocycles. The van der Waals surface area contributed by atoms with Crippen LogP contribution >= 0.6 is 0 Å². The SMILES string of the molecule is CCS(=O)(=O)Nc1ccc(-c2nn(C)c3c(N)cnc(N)c23)cc1OCc1ccc(F)cc1. The van der Waals surface area contributed by atoms with Gasteiger partial charge in [-0.3, -0.25) is 9.40 Å². The molecule has 0 aliphatic heterocycles. The number of nitrogens with two attached hydrogens (primary N) is 2. The molecule has 0 bridgehead atoms. The van der Waals surface area contributed by atoms with Crippen LogP contribution in [0, 0.1) is 5.82 Å². The number of halogens is 1. The Kier molecular flexibility index (Phi) is 5.81. The van der Waals surface area contributed by atoms with Crippen LogP contribution in [0.25, 0.3) is 22.2 Å². The van der Waals surface area contributed by atoms with Gasteiger partial charge >= 0.3 is 0 Å². The number of aromatic nitrogens is 3. The minimum atomic E-state index is -3.55. The van der Waals surface area contributed by atoms with E-state index in [0.717, 1.165) is 5.56 Å². The summed E-state index contributed by atoms with van der Waals surface area (Å²) >= 11 is 0. The number of pyridine rings is 1. The van der Waals surface area contributed by atoms with Crippen LogP contribution in [0.2, 0.25) is 0 Å². The number of hydrogen-bond acceptors (Lipinski definition) is 7. The summed E-state index contributed by atoms with van der Waals surface area (Å²) in [7, 11) is -1.80. The van der Waals surface area contributed by atoms with E-state index in [2.05, 4.69) is 14.8 Å². The Hall–Kier alpha value is -3.86. The number of ether oxygens (including phenoxy) is 1. The summed E-state index contributed by atoms with van der Waals surface area (Å²) in [5.41, 5.74) is 15.4. The van der Waals surface area contributed by atoms with Crippen molar-refractivity contribution >= 4 is 38.1 Å². The van der Waals surface area contributed by atoms with Crippen molar-refractivity contribution in [1.29, 1.82) is 0 Å². The summed E-state index contributed by atoms with van der Waals surface area (Å²) in [6.45, 7) is 1.64. The summed E-state index contributed by atoms with van der Waals surface area (Å²) in [6.07, 6.45) is 1.48. The number of benzene rings is 2. The number of rotatable bonds is 7. The summed E-state index contributed by atoms with van der Waals surface area (Å²) in [4.78, 5) is 4.13. The van der Waals surface area contributed by atoms with Crippen molar-refractivity contribution in [3.8, 4) is 17.0 Å². The molecule has 11 heteroatoms. The first kappa shape index (κ1) is 22.3. The quantitative estimate of drug-likeness (QED) is 0.377. The maximum absolute atomic E-state index is 13.2. The van der Waals surface area contributed by atoms with Crippen LogP contribution in [0.4, 0.5) is 21.6 Å². The van der Waals surface area contributed by atoms with E-state index < -0.39 is 10.0 Å². The van der Waals surface area contributed by atoms with Gasteiger partial charge in [0.1, 0.15) is 29.7 Å². The van der Waals surface area contributed by atoms with Gasteiger partial charge in [0, 0.05) is 12.6 Å². The molecule has 0 aliphatic rings. The van der Waals surface area contributed by atoms with Crippen LogP contribution < -0.4 is 20.9 Å². The fourth-order valence-electron chi connectivity index (χ4n) is 3.42. The van der Waals surface area contributed by atoms with E-state index in [-0.39, 0.29) is 35.4 Å². The highest BCUT2D eigenvalue weighted by Crippen LogP contribution is 2.37. The highest BCUT2D eigenvalue weighted by atomic mass is 32.2. The number of nitrogens with zero attached hydrogens (tertiary/aromatic N) is 3. The van der Waals surface area contributed by atoms with Gasteiger partial charge in [0.15, 0.2) is 0 Å². The normalized spacial score (nSPS) is 11.6. The molecular formula is C22H23FN6O3S. The zero-order valence-electron chi connectivity index (χ0n) is 18.0. The van der Waals surface area contributed by atoms with Crippen molar-refractivity contribution in [1.82, 2.24) is 14.8 Å². The molecule has 172 valence electrons. The molecule has 0 spiro atoms. The number of fused-ring (bicyclic) bond motifs is 1. The molecule has 0 saturated heterocycles. The lowest BCUT2D eigenvalue weighted by molar-refractivity contribution is 0.308. The van der Waals surface area contributed by atoms with E-state index in [1.165, 1.54) is 25.3 Å². The maximum atomic E-state index is 13.2. The smallest absolute Gasteiger partial charge is 0.232 e. The van der Waals surface area contributed by atoms with Gasteiger partial charge in [0.05, 0.1) is 34.2 Å². The minimum Gasteiger partial charge on any atom is -0.487 e. The minimum absolute atomic E-state index is 0.0987. The van der Waals surface area contributed by atoms with Gasteiger partial charge in [0.2, 0.25) is 10.0 Å². The molecule has 0 aliphatic carbocycles. The third-order valence-electron chi connectivity index (χ3n) is 5.13. The molecule has 33 heavy (non-hydrogen) atoms. The zero-order chi connectivity index (χ0) is 23.8. The Morgan fingerprint density at radius 1 is 1.15 bits per heavy atom. The summed E-state index contributed by atoms with van der Waals surface area (Å²) < 4.78 is 47.7. The largest absolute Gasteiger partial charge is 0.487 e. The van der Waals surface area contributed by atoms with Crippen molar-refractivity contribution in [2.75, 3.05) is 21.9 Å². The Morgan fingerprint density at radius 2 is 1.88 bits per heavy atom. The first-order chi connectivity index (χ1) is 15.7. The molecule has 2 aromatic heterocycles. The van der Waals surface area contributed by atoms with Gasteiger partial charge < -0.3 is 16.2 Å². The molecule has 0 amide bonds. The molecule has 5 N–H and O–H groups in total. The number of aryl methyl sites for hydroxylation is 1. The van der Waals surface area contributed by atoms with Crippen LogP contribution in [-0.2, 0) is 23.7 Å². The van der Waals surface area contributed by atoms with E-state index in [0.29, 0.717) is 27.8 Å². The second-order valence-corrected chi connectivity index (χ2v) is 9.44. The van der Waals surface area contributed by atoms with Gasteiger partial charge in [-0.15, -0.1) is 0 Å². The third kappa shape index (κ3) is 4.53. The summed E-state index contributed by atoms with van der Waals surface area (Å²) in [5.74, 6) is 0.0954. The average Bonchev–Trinajstić information content (AvgIpc) is 3.15. The Labute approximate surface area is 190 Å². The van der Waals surface area contributed by atoms with Crippen LogP contribution in [0.3, 0.4) is 0 Å². The van der Waals surface area contributed by atoms with Gasteiger partial charge in [-0.05, 0) is 36.8 Å². The van der Waals surface area contributed by atoms with Gasteiger partial charge in [0.25, 0.3) is 0 Å². The molecule has 2 heterocycles. The number of hydrogen-bond donors (Lipinski definition) is 3. The molecule has 0 atom stereocenters. The first-order valence-electron chi connectivity index (χ1n) is 10.1. The number of sulfonamides is 1. The average molecular weight is 471 g/mol. The maximum Gasteiger partial charge on any atom is 0.232 e. The molecule has 0 unspecified atom stereocenters. The predicted octanol–water partition coefficient (Wildman–Crippen LogP) is 3.28. The topological polar surface area (TPSA) is 138 Å². The lowest BCUT2D eigenvalue weighted by Gasteiger charge is -2.15. The standard InChI is InChI=1S/C22H23FN6O3S/c1-3-33(30,31)28-17-9-6-14(10-18(17)32-12-13-4-7-15(23)8-5-13)20-19-21(29(2)27-20)16(24)11-26-22(19)25/h4-11,28H,3,12,24H2,1-2H3,(H2,25,26). The fourth-order valence-corrected chi connectivity index (χ4v) is 4.07. The second kappa shape index (κ2) is 8.58. The molecule has 4 aromatic rings. The Morgan fingerprint density at radius 3 is 2.58 bits per heavy atom. The first-order valence-corrected chi connectivity index (χ1v) is 11.7. The molecule has 0 radical (unpaired) electrons. The van der Waals surface area contributed by atoms with Gasteiger partial charge in [-0.2, -0.15) is 5.10 Å². The van der Waals surface area contributed by atoms with Crippen LogP contribution in [0.1, 0.15) is 12.5 Å². The summed E-state index contributed by atoms with van der Waals surface area (Å²) in [6, 6.07) is 10.8. The van der Waals surface area contributed by atoms with Crippen LogP contribution in [0.5, 0.6) is 5.75 Å². The molecular weight excluding hydrogens is 447 g/mol. The van der Waals surface area contributed by atoms with Crippen molar-refractivity contribution in [3.05, 3.63) is 60.0 Å². The molecule has 4 rings (SSSR count). The van der Waals surface area contributed by atoms with Crippen LogP contribution in [0.15, 0.2) is 48.7 Å². The van der Waals surface area contributed by atoms with Crippen molar-refractivity contribution < 1.29 is 17.5 Å². The van der Waals surface area contributed by atoms with E-state index in [4.69, 9.17) is 16.2 Å². The lowest BCUT2D eigenvalue weighted by atomic mass is 10.1. The molecule has 9 nitrogen and oxygen atoms in total. The van der Waals surface area contributed by atoms with Crippen molar-refractivity contribution in [3.63, 3.8) is 0 Å². The number of nitrogen functional groups attached to an aromatic ring is 2. The highest BCUT2D eigenvalue weighted by Gasteiger charge is 2.19. The van der Waals surface area contributed by atoms with E-state index in [1.807, 2.05) is 0 Å². The highest BCUT2D eigenvalue weighted by molar-refractivity contribution is 7.92. The lowest BCUT2D eigenvalue weighted by Crippen LogP contribution is -2.15. The monoisotopic (exact) mass is 470 g/mol. The van der Waals surface area contributed by atoms with Gasteiger partial charge in [-0.25, -0.2) is 17.8 Å². The van der Waals surface area contributed by atoms with Crippen molar-refractivity contribution in [2.24, 2.45) is 7.05 Å². The predicted molar refractivity (Wildman–Crippen MR) is 127 cm³/mol. The number of nitrogens with one attached hydrogen (secondary N) is 1. The van der Waals surface area contributed by atoms with E-state index in [1.54, 1.807) is 42.1 Å². The van der Waals surface area contributed by atoms with E-state index in [9.17, 15) is 12.8 Å². The Balaban J connectivity index is 1.79. The summed E-state index contributed by atoms with van der Waals surface area (Å²) in [5, 5.41) is 5.14. The molecule has 0 fully saturated rings.